The standard InChI is InChI=1S/C15H14BrF2NO/c1-19-8-10-5-12(17)7-13(6-10)20-9-11-3-2-4-14(18)15(11)16/h2-7,19H,8-9H2,1H3. The van der Waals surface area contributed by atoms with E-state index in [4.69, 9.17) is 4.74 Å². The highest BCUT2D eigenvalue weighted by atomic mass is 79.9. The van der Waals surface area contributed by atoms with Gasteiger partial charge < -0.3 is 10.1 Å². The second-order valence-corrected chi connectivity index (χ2v) is 5.12. The fraction of sp³-hybridized carbons (Fsp3) is 0.200. The van der Waals surface area contributed by atoms with Gasteiger partial charge in [-0.2, -0.15) is 0 Å². The molecule has 2 aromatic carbocycles. The lowest BCUT2D eigenvalue weighted by Crippen LogP contribution is -2.06. The van der Waals surface area contributed by atoms with Crippen LogP contribution in [0.5, 0.6) is 5.75 Å². The predicted molar refractivity (Wildman–Crippen MR) is 77.6 cm³/mol. The number of rotatable bonds is 5. The fourth-order valence-electron chi connectivity index (χ4n) is 1.83. The van der Waals surface area contributed by atoms with E-state index in [-0.39, 0.29) is 18.2 Å². The van der Waals surface area contributed by atoms with E-state index in [0.29, 0.717) is 22.3 Å². The van der Waals surface area contributed by atoms with E-state index in [0.717, 1.165) is 5.56 Å². The van der Waals surface area contributed by atoms with Gasteiger partial charge in [-0.3, -0.25) is 0 Å². The lowest BCUT2D eigenvalue weighted by molar-refractivity contribution is 0.302. The Morgan fingerprint density at radius 3 is 2.75 bits per heavy atom. The lowest BCUT2D eigenvalue weighted by atomic mass is 10.2. The Kier molecular flexibility index (Phi) is 5.09. The van der Waals surface area contributed by atoms with Crippen molar-refractivity contribution in [2.24, 2.45) is 0 Å². The quantitative estimate of drug-likeness (QED) is 0.886. The monoisotopic (exact) mass is 341 g/mol. The number of hydrogen-bond acceptors (Lipinski definition) is 2. The molecule has 20 heavy (non-hydrogen) atoms. The largest absolute Gasteiger partial charge is 0.489 e. The zero-order chi connectivity index (χ0) is 14.5. The summed E-state index contributed by atoms with van der Waals surface area (Å²) >= 11 is 3.17. The molecule has 0 atom stereocenters. The van der Waals surface area contributed by atoms with Gasteiger partial charge in [-0.25, -0.2) is 8.78 Å². The van der Waals surface area contributed by atoms with Gasteiger partial charge >= 0.3 is 0 Å². The molecule has 0 amide bonds. The summed E-state index contributed by atoms with van der Waals surface area (Å²) in [5, 5.41) is 2.95. The number of halogens is 3. The Bertz CT molecular complexity index is 604. The van der Waals surface area contributed by atoms with Crippen molar-refractivity contribution in [3.05, 3.63) is 63.6 Å². The first-order valence-electron chi connectivity index (χ1n) is 6.10. The van der Waals surface area contributed by atoms with Crippen molar-refractivity contribution < 1.29 is 13.5 Å². The van der Waals surface area contributed by atoms with Crippen LogP contribution in [0, 0.1) is 11.6 Å². The van der Waals surface area contributed by atoms with Gasteiger partial charge in [0.05, 0.1) is 4.47 Å². The van der Waals surface area contributed by atoms with E-state index < -0.39 is 0 Å². The SMILES string of the molecule is CNCc1cc(F)cc(OCc2cccc(F)c2Br)c1. The molecular weight excluding hydrogens is 328 g/mol. The van der Waals surface area contributed by atoms with E-state index in [1.165, 1.54) is 18.2 Å². The summed E-state index contributed by atoms with van der Waals surface area (Å²) in [6.45, 7) is 0.721. The topological polar surface area (TPSA) is 21.3 Å². The summed E-state index contributed by atoms with van der Waals surface area (Å²) in [6, 6.07) is 9.24. The number of benzene rings is 2. The molecule has 2 aromatic rings. The molecular formula is C15H14BrF2NO. The molecule has 2 nitrogen and oxygen atoms in total. The van der Waals surface area contributed by atoms with Crippen molar-refractivity contribution in [1.82, 2.24) is 5.32 Å². The second-order valence-electron chi connectivity index (χ2n) is 4.33. The third-order valence-electron chi connectivity index (χ3n) is 2.74. The van der Waals surface area contributed by atoms with E-state index in [1.807, 2.05) is 0 Å². The molecule has 1 N–H and O–H groups in total. The molecule has 0 aromatic heterocycles. The van der Waals surface area contributed by atoms with Crippen LogP contribution in [-0.2, 0) is 13.2 Å². The second kappa shape index (κ2) is 6.81. The third kappa shape index (κ3) is 3.77. The molecule has 0 aliphatic carbocycles. The Morgan fingerprint density at radius 2 is 2.00 bits per heavy atom. The average Bonchev–Trinajstić information content (AvgIpc) is 2.40. The van der Waals surface area contributed by atoms with Gasteiger partial charge in [0.1, 0.15) is 24.0 Å². The van der Waals surface area contributed by atoms with Crippen molar-refractivity contribution in [2.75, 3.05) is 7.05 Å². The molecule has 0 heterocycles. The first kappa shape index (κ1) is 14.9. The Hall–Kier alpha value is -1.46. The molecule has 0 spiro atoms. The molecule has 0 fully saturated rings. The molecule has 0 saturated heterocycles. The van der Waals surface area contributed by atoms with Gasteiger partial charge in [0.25, 0.3) is 0 Å². The van der Waals surface area contributed by atoms with Crippen molar-refractivity contribution in [3.63, 3.8) is 0 Å². The fourth-order valence-corrected chi connectivity index (χ4v) is 2.21. The number of nitrogens with one attached hydrogen (secondary N) is 1. The van der Waals surface area contributed by atoms with Crippen LogP contribution in [0.3, 0.4) is 0 Å². The molecule has 0 saturated carbocycles. The lowest BCUT2D eigenvalue weighted by Gasteiger charge is -2.10. The summed E-state index contributed by atoms with van der Waals surface area (Å²) in [5.41, 5.74) is 1.46. The normalized spacial score (nSPS) is 10.6. The molecule has 0 aliphatic rings. The van der Waals surface area contributed by atoms with Gasteiger partial charge in [-0.1, -0.05) is 12.1 Å². The van der Waals surface area contributed by atoms with Gasteiger partial charge in [0, 0.05) is 18.2 Å². The zero-order valence-corrected chi connectivity index (χ0v) is 12.5. The minimum absolute atomic E-state index is 0.167. The van der Waals surface area contributed by atoms with Crippen LogP contribution >= 0.6 is 15.9 Å². The summed E-state index contributed by atoms with van der Waals surface area (Å²) in [4.78, 5) is 0. The molecule has 2 rings (SSSR count). The highest BCUT2D eigenvalue weighted by Gasteiger charge is 2.07. The molecule has 0 bridgehead atoms. The maximum Gasteiger partial charge on any atom is 0.137 e. The highest BCUT2D eigenvalue weighted by molar-refractivity contribution is 9.10. The number of hydrogen-bond donors (Lipinski definition) is 1. The van der Waals surface area contributed by atoms with Crippen LogP contribution < -0.4 is 10.1 Å². The van der Waals surface area contributed by atoms with Crippen molar-refractivity contribution >= 4 is 15.9 Å². The van der Waals surface area contributed by atoms with Crippen molar-refractivity contribution in [2.45, 2.75) is 13.2 Å². The van der Waals surface area contributed by atoms with Gasteiger partial charge in [-0.15, -0.1) is 0 Å². The summed E-state index contributed by atoms with van der Waals surface area (Å²) < 4.78 is 32.7. The summed E-state index contributed by atoms with van der Waals surface area (Å²) in [7, 11) is 1.79. The molecule has 0 unspecified atom stereocenters. The van der Waals surface area contributed by atoms with E-state index >= 15 is 0 Å². The molecule has 106 valence electrons. The van der Waals surface area contributed by atoms with E-state index in [1.54, 1.807) is 25.2 Å². The van der Waals surface area contributed by atoms with Crippen LogP contribution in [0.2, 0.25) is 0 Å². The summed E-state index contributed by atoms with van der Waals surface area (Å²) in [5.74, 6) is -0.279. The maximum atomic E-state index is 13.4. The van der Waals surface area contributed by atoms with Crippen LogP contribution in [0.1, 0.15) is 11.1 Å². The van der Waals surface area contributed by atoms with Crippen LogP contribution in [0.4, 0.5) is 8.78 Å². The first-order chi connectivity index (χ1) is 9.60. The minimum Gasteiger partial charge on any atom is -0.489 e. The van der Waals surface area contributed by atoms with Crippen LogP contribution in [0.25, 0.3) is 0 Å². The van der Waals surface area contributed by atoms with Crippen molar-refractivity contribution in [1.29, 1.82) is 0 Å². The van der Waals surface area contributed by atoms with Crippen LogP contribution in [-0.4, -0.2) is 7.05 Å². The van der Waals surface area contributed by atoms with Gasteiger partial charge in [-0.05, 0) is 46.7 Å². The van der Waals surface area contributed by atoms with Crippen LogP contribution in [0.15, 0.2) is 40.9 Å². The first-order valence-corrected chi connectivity index (χ1v) is 6.89. The number of ether oxygens (including phenoxy) is 1. The maximum absolute atomic E-state index is 13.4. The molecule has 0 radical (unpaired) electrons. The smallest absolute Gasteiger partial charge is 0.137 e. The Balaban J connectivity index is 2.12. The van der Waals surface area contributed by atoms with Gasteiger partial charge in [0.2, 0.25) is 0 Å². The van der Waals surface area contributed by atoms with Gasteiger partial charge in [0.15, 0.2) is 0 Å². The molecule has 0 aliphatic heterocycles. The average molecular weight is 342 g/mol. The van der Waals surface area contributed by atoms with E-state index in [9.17, 15) is 8.78 Å². The minimum atomic E-state index is -0.356. The zero-order valence-electron chi connectivity index (χ0n) is 10.9. The van der Waals surface area contributed by atoms with E-state index in [2.05, 4.69) is 21.2 Å². The Morgan fingerprint density at radius 1 is 1.20 bits per heavy atom. The van der Waals surface area contributed by atoms with Crippen molar-refractivity contribution in [3.8, 4) is 5.75 Å². The Labute approximate surface area is 124 Å². The third-order valence-corrected chi connectivity index (χ3v) is 3.63. The summed E-state index contributed by atoms with van der Waals surface area (Å²) in [6.07, 6.45) is 0. The molecule has 5 heteroatoms. The highest BCUT2D eigenvalue weighted by Crippen LogP contribution is 2.23. The predicted octanol–water partition coefficient (Wildman–Crippen LogP) is 4.03.